The van der Waals surface area contributed by atoms with Gasteiger partial charge >= 0.3 is 0 Å². The molecule has 18 heavy (non-hydrogen) atoms. The second-order valence-corrected chi connectivity index (χ2v) is 5.10. The number of amides is 1. The molecule has 1 unspecified atom stereocenters. The highest BCUT2D eigenvalue weighted by atomic mass is 35.5. The van der Waals surface area contributed by atoms with Crippen molar-refractivity contribution >= 4 is 34.7 Å². The van der Waals surface area contributed by atoms with E-state index in [2.05, 4.69) is 0 Å². The third-order valence-corrected chi connectivity index (χ3v) is 3.62. The van der Waals surface area contributed by atoms with Crippen LogP contribution in [0.5, 0.6) is 5.75 Å². The van der Waals surface area contributed by atoms with Crippen LogP contribution in [0.15, 0.2) is 18.2 Å². The average molecular weight is 285 g/mol. The normalized spacial score (nSPS) is 18.9. The van der Waals surface area contributed by atoms with E-state index in [0.717, 1.165) is 12.8 Å². The quantitative estimate of drug-likeness (QED) is 0.815. The Morgan fingerprint density at radius 1 is 1.56 bits per heavy atom. The van der Waals surface area contributed by atoms with Crippen molar-refractivity contribution in [2.45, 2.75) is 18.9 Å². The number of nitrogens with zero attached hydrogens (tertiary/aromatic N) is 1. The Morgan fingerprint density at radius 3 is 2.94 bits per heavy atom. The first kappa shape index (κ1) is 13.1. The lowest BCUT2D eigenvalue weighted by atomic mass is 10.1. The summed E-state index contributed by atoms with van der Waals surface area (Å²) in [4.78, 5) is 14.3. The number of nitrogens with two attached hydrogens (primary N) is 1. The first-order chi connectivity index (χ1) is 8.50. The number of likely N-dealkylation sites (tertiary alicyclic amines) is 1. The molecule has 0 saturated carbocycles. The van der Waals surface area contributed by atoms with Crippen molar-refractivity contribution in [2.24, 2.45) is 5.73 Å². The average Bonchev–Trinajstić information content (AvgIpc) is 2.80. The second-order valence-electron chi connectivity index (χ2n) is 4.22. The summed E-state index contributed by atoms with van der Waals surface area (Å²) >= 11 is 10.9. The Hall–Kier alpha value is -1.33. The zero-order valence-corrected chi connectivity index (χ0v) is 11.2. The maximum absolute atomic E-state index is 12.4. The molecule has 1 amide bonds. The molecule has 0 aromatic heterocycles. The van der Waals surface area contributed by atoms with E-state index in [4.69, 9.17) is 29.6 Å². The number of hydrogen-bond acceptors (Lipinski definition) is 3. The van der Waals surface area contributed by atoms with Crippen molar-refractivity contribution in [1.29, 1.82) is 0 Å². The number of aromatic hydroxyl groups is 1. The van der Waals surface area contributed by atoms with Gasteiger partial charge in [0.15, 0.2) is 0 Å². The summed E-state index contributed by atoms with van der Waals surface area (Å²) in [5.74, 6) is -0.236. The Kier molecular flexibility index (Phi) is 3.73. The predicted octanol–water partition coefficient (Wildman–Crippen LogP) is 1.94. The van der Waals surface area contributed by atoms with Crippen LogP contribution in [0.4, 0.5) is 0 Å². The van der Waals surface area contributed by atoms with E-state index in [9.17, 15) is 9.90 Å². The molecule has 0 radical (unpaired) electrons. The van der Waals surface area contributed by atoms with Gasteiger partial charge in [0.1, 0.15) is 5.75 Å². The number of hydrogen-bond donors (Lipinski definition) is 2. The smallest absolute Gasteiger partial charge is 0.256 e. The lowest BCUT2D eigenvalue weighted by Crippen LogP contribution is -2.42. The summed E-state index contributed by atoms with van der Waals surface area (Å²) in [5, 5.41) is 9.74. The third-order valence-electron chi connectivity index (χ3n) is 3.02. The molecule has 3 N–H and O–H groups in total. The Balaban J connectivity index is 2.31. The monoisotopic (exact) mass is 284 g/mol. The van der Waals surface area contributed by atoms with E-state index >= 15 is 0 Å². The zero-order valence-electron chi connectivity index (χ0n) is 9.60. The fraction of sp³-hybridized carbons (Fsp3) is 0.333. The molecule has 1 aliphatic heterocycles. The molecule has 4 nitrogen and oxygen atoms in total. The summed E-state index contributed by atoms with van der Waals surface area (Å²) in [5.41, 5.74) is 5.90. The van der Waals surface area contributed by atoms with Crippen molar-refractivity contribution in [3.63, 3.8) is 0 Å². The van der Waals surface area contributed by atoms with Crippen LogP contribution in [-0.2, 0) is 0 Å². The van der Waals surface area contributed by atoms with Crippen LogP contribution in [0.1, 0.15) is 23.2 Å². The molecular weight excluding hydrogens is 272 g/mol. The topological polar surface area (TPSA) is 66.6 Å². The maximum Gasteiger partial charge on any atom is 0.256 e. The zero-order chi connectivity index (χ0) is 13.3. The number of thiocarbonyl (C=S) groups is 1. The molecule has 1 aromatic carbocycles. The molecule has 6 heteroatoms. The molecule has 0 bridgehead atoms. The van der Waals surface area contributed by atoms with Crippen LogP contribution in [-0.4, -0.2) is 33.5 Å². The number of halogens is 1. The van der Waals surface area contributed by atoms with Gasteiger partial charge in [-0.15, -0.1) is 0 Å². The number of carbonyl (C=O) groups is 1. The molecule has 0 aliphatic carbocycles. The van der Waals surface area contributed by atoms with Crippen LogP contribution in [0.25, 0.3) is 0 Å². The van der Waals surface area contributed by atoms with Gasteiger partial charge in [0.2, 0.25) is 0 Å². The van der Waals surface area contributed by atoms with Crippen LogP contribution in [0, 0.1) is 0 Å². The van der Waals surface area contributed by atoms with E-state index in [1.807, 2.05) is 0 Å². The van der Waals surface area contributed by atoms with Crippen LogP contribution >= 0.6 is 23.8 Å². The summed E-state index contributed by atoms with van der Waals surface area (Å²) in [6.07, 6.45) is 1.64. The Labute approximate surface area is 115 Å². The second kappa shape index (κ2) is 5.12. The largest absolute Gasteiger partial charge is 0.508 e. The van der Waals surface area contributed by atoms with Gasteiger partial charge in [0.25, 0.3) is 5.91 Å². The fourth-order valence-electron chi connectivity index (χ4n) is 2.14. The van der Waals surface area contributed by atoms with Crippen LogP contribution < -0.4 is 5.73 Å². The van der Waals surface area contributed by atoms with Crippen LogP contribution in [0.2, 0.25) is 5.02 Å². The molecule has 1 aliphatic rings. The van der Waals surface area contributed by atoms with Crippen molar-refractivity contribution in [3.05, 3.63) is 28.8 Å². The van der Waals surface area contributed by atoms with E-state index in [1.165, 1.54) is 18.2 Å². The third kappa shape index (κ3) is 2.42. The van der Waals surface area contributed by atoms with Gasteiger partial charge in [-0.3, -0.25) is 4.79 Å². The molecule has 1 heterocycles. The van der Waals surface area contributed by atoms with Crippen molar-refractivity contribution in [2.75, 3.05) is 6.54 Å². The minimum absolute atomic E-state index is 0.00817. The minimum atomic E-state index is -0.244. The SMILES string of the molecule is NC(=S)C1CCCN1C(=O)c1cc(O)ccc1Cl. The van der Waals surface area contributed by atoms with E-state index in [-0.39, 0.29) is 23.3 Å². The number of benzene rings is 1. The summed E-state index contributed by atoms with van der Waals surface area (Å²) in [6, 6.07) is 4.08. The summed E-state index contributed by atoms with van der Waals surface area (Å²) in [6.45, 7) is 0.604. The maximum atomic E-state index is 12.4. The van der Waals surface area contributed by atoms with E-state index < -0.39 is 0 Å². The van der Waals surface area contributed by atoms with Crippen molar-refractivity contribution in [1.82, 2.24) is 4.90 Å². The van der Waals surface area contributed by atoms with E-state index in [1.54, 1.807) is 4.90 Å². The highest BCUT2D eigenvalue weighted by molar-refractivity contribution is 7.80. The lowest BCUT2D eigenvalue weighted by molar-refractivity contribution is 0.0770. The molecule has 1 aromatic rings. The first-order valence-electron chi connectivity index (χ1n) is 5.59. The molecule has 0 spiro atoms. The predicted molar refractivity (Wildman–Crippen MR) is 74.0 cm³/mol. The van der Waals surface area contributed by atoms with Crippen molar-refractivity contribution in [3.8, 4) is 5.75 Å². The molecule has 1 atom stereocenters. The highest BCUT2D eigenvalue weighted by Crippen LogP contribution is 2.26. The van der Waals surface area contributed by atoms with Gasteiger partial charge < -0.3 is 15.7 Å². The van der Waals surface area contributed by atoms with Crippen LogP contribution in [0.3, 0.4) is 0 Å². The van der Waals surface area contributed by atoms with Gasteiger partial charge in [-0.2, -0.15) is 0 Å². The van der Waals surface area contributed by atoms with Crippen molar-refractivity contribution < 1.29 is 9.90 Å². The number of phenolic OH excluding ortho intramolecular Hbond substituents is 1. The van der Waals surface area contributed by atoms with Gasteiger partial charge in [0, 0.05) is 6.54 Å². The van der Waals surface area contributed by atoms with Gasteiger partial charge in [-0.05, 0) is 31.0 Å². The first-order valence-corrected chi connectivity index (χ1v) is 6.38. The standard InChI is InChI=1S/C12H13ClN2O2S/c13-9-4-3-7(16)6-8(9)12(17)15-5-1-2-10(15)11(14)18/h3-4,6,10,16H,1-2,5H2,(H2,14,18). The molecule has 1 saturated heterocycles. The minimum Gasteiger partial charge on any atom is -0.508 e. The van der Waals surface area contributed by atoms with Gasteiger partial charge in [0.05, 0.1) is 21.6 Å². The van der Waals surface area contributed by atoms with Gasteiger partial charge in [-0.1, -0.05) is 23.8 Å². The Bertz CT molecular complexity index is 507. The lowest BCUT2D eigenvalue weighted by Gasteiger charge is -2.24. The summed E-state index contributed by atoms with van der Waals surface area (Å²) in [7, 11) is 0. The highest BCUT2D eigenvalue weighted by Gasteiger charge is 2.32. The number of carbonyl (C=O) groups excluding carboxylic acids is 1. The molecule has 2 rings (SSSR count). The molecule has 96 valence electrons. The number of phenols is 1. The van der Waals surface area contributed by atoms with Gasteiger partial charge in [-0.25, -0.2) is 0 Å². The Morgan fingerprint density at radius 2 is 2.28 bits per heavy atom. The molecular formula is C12H13ClN2O2S. The number of rotatable bonds is 2. The van der Waals surface area contributed by atoms with E-state index in [0.29, 0.717) is 16.6 Å². The fourth-order valence-corrected chi connectivity index (χ4v) is 2.58. The molecule has 1 fully saturated rings. The summed E-state index contributed by atoms with van der Waals surface area (Å²) < 4.78 is 0.